The van der Waals surface area contributed by atoms with Crippen LogP contribution in [0.2, 0.25) is 0 Å². The van der Waals surface area contributed by atoms with Crippen molar-refractivity contribution in [1.82, 2.24) is 25.1 Å². The summed E-state index contributed by atoms with van der Waals surface area (Å²) in [6.07, 6.45) is 0. The normalized spacial score (nSPS) is 10.8. The van der Waals surface area contributed by atoms with Crippen LogP contribution < -0.4 is 10.1 Å². The van der Waals surface area contributed by atoms with Crippen LogP contribution in [0.1, 0.15) is 33.5 Å². The third kappa shape index (κ3) is 4.58. The van der Waals surface area contributed by atoms with Crippen LogP contribution in [0, 0.1) is 19.7 Å². The van der Waals surface area contributed by atoms with E-state index in [1.807, 2.05) is 30.3 Å². The smallest absolute Gasteiger partial charge is 0.278 e. The summed E-state index contributed by atoms with van der Waals surface area (Å²) in [7, 11) is 0. The molecule has 0 aliphatic heterocycles. The lowest BCUT2D eigenvalue weighted by atomic mass is 10.2. The van der Waals surface area contributed by atoms with Gasteiger partial charge in [0.15, 0.2) is 17.3 Å². The summed E-state index contributed by atoms with van der Waals surface area (Å²) in [4.78, 5) is 16.9. The monoisotopic (exact) mass is 422 g/mol. The molecule has 0 aliphatic carbocycles. The van der Waals surface area contributed by atoms with Gasteiger partial charge in [0, 0.05) is 6.92 Å². The Balaban J connectivity index is 1.51. The molecule has 0 aliphatic rings. The lowest BCUT2D eigenvalue weighted by molar-refractivity contribution is 0.102. The van der Waals surface area contributed by atoms with Crippen molar-refractivity contribution in [2.75, 3.05) is 5.32 Å². The molecule has 2 heterocycles. The number of aromatic nitrogens is 5. The van der Waals surface area contributed by atoms with Gasteiger partial charge < -0.3 is 14.6 Å². The summed E-state index contributed by atoms with van der Waals surface area (Å²) in [5.41, 5.74) is 1.38. The first-order valence-electron chi connectivity index (χ1n) is 9.47. The molecule has 0 fully saturated rings. The molecule has 4 aromatic rings. The van der Waals surface area contributed by atoms with Gasteiger partial charge in [-0.05, 0) is 24.6 Å². The third-order valence-corrected chi connectivity index (χ3v) is 4.51. The molecule has 2 aromatic carbocycles. The summed E-state index contributed by atoms with van der Waals surface area (Å²) in [5.74, 6) is -0.185. The molecular formula is C21H19FN6O3. The predicted octanol–water partition coefficient (Wildman–Crippen LogP) is 3.30. The van der Waals surface area contributed by atoms with E-state index in [2.05, 4.69) is 25.8 Å². The minimum atomic E-state index is -0.619. The van der Waals surface area contributed by atoms with E-state index in [0.717, 1.165) is 5.56 Å². The van der Waals surface area contributed by atoms with Crippen LogP contribution in [0.5, 0.6) is 5.75 Å². The number of hydrogen-bond donors (Lipinski definition) is 1. The van der Waals surface area contributed by atoms with Gasteiger partial charge in [-0.15, -0.1) is 5.10 Å². The first-order chi connectivity index (χ1) is 15.0. The zero-order valence-electron chi connectivity index (χ0n) is 16.9. The highest BCUT2D eigenvalue weighted by Gasteiger charge is 2.21. The Kier molecular flexibility index (Phi) is 5.69. The summed E-state index contributed by atoms with van der Waals surface area (Å²) >= 11 is 0. The highest BCUT2D eigenvalue weighted by atomic mass is 19.1. The van der Waals surface area contributed by atoms with Crippen molar-refractivity contribution in [2.45, 2.75) is 27.0 Å². The summed E-state index contributed by atoms with van der Waals surface area (Å²) in [5, 5.41) is 14.2. The van der Waals surface area contributed by atoms with E-state index >= 15 is 0 Å². The first-order valence-corrected chi connectivity index (χ1v) is 9.47. The fraction of sp³-hybridized carbons (Fsp3) is 0.190. The van der Waals surface area contributed by atoms with Gasteiger partial charge >= 0.3 is 0 Å². The maximum Gasteiger partial charge on any atom is 0.278 e. The van der Waals surface area contributed by atoms with Crippen molar-refractivity contribution in [3.05, 3.63) is 83.0 Å². The highest BCUT2D eigenvalue weighted by Crippen LogP contribution is 2.29. The van der Waals surface area contributed by atoms with Crippen molar-refractivity contribution in [3.8, 4) is 5.75 Å². The van der Waals surface area contributed by atoms with Crippen molar-refractivity contribution in [2.24, 2.45) is 0 Å². The van der Waals surface area contributed by atoms with Gasteiger partial charge in [0.2, 0.25) is 5.89 Å². The fourth-order valence-electron chi connectivity index (χ4n) is 2.91. The maximum atomic E-state index is 14.5. The Morgan fingerprint density at radius 1 is 1.16 bits per heavy atom. The van der Waals surface area contributed by atoms with Crippen molar-refractivity contribution >= 4 is 11.6 Å². The van der Waals surface area contributed by atoms with E-state index in [4.69, 9.17) is 9.26 Å². The number of hydrogen-bond acceptors (Lipinski definition) is 7. The van der Waals surface area contributed by atoms with Crippen molar-refractivity contribution in [1.29, 1.82) is 0 Å². The second kappa shape index (κ2) is 8.74. The number of aryl methyl sites for hydroxylation is 1. The minimum absolute atomic E-state index is 0.0532. The van der Waals surface area contributed by atoms with E-state index in [1.54, 1.807) is 19.9 Å². The largest absolute Gasteiger partial charge is 0.487 e. The molecule has 0 unspecified atom stereocenters. The van der Waals surface area contributed by atoms with Crippen LogP contribution in [-0.4, -0.2) is 31.0 Å². The molecule has 0 saturated heterocycles. The topological polar surface area (TPSA) is 108 Å². The second-order valence-electron chi connectivity index (χ2n) is 6.75. The fourth-order valence-corrected chi connectivity index (χ4v) is 2.91. The predicted molar refractivity (Wildman–Crippen MR) is 108 cm³/mol. The van der Waals surface area contributed by atoms with E-state index < -0.39 is 11.7 Å². The number of amides is 1. The molecule has 0 bridgehead atoms. The number of ether oxygens (including phenoxy) is 1. The first kappa shape index (κ1) is 20.2. The van der Waals surface area contributed by atoms with Crippen molar-refractivity contribution < 1.29 is 18.4 Å². The van der Waals surface area contributed by atoms with E-state index in [9.17, 15) is 9.18 Å². The molecule has 1 amide bonds. The van der Waals surface area contributed by atoms with Gasteiger partial charge in [-0.1, -0.05) is 46.8 Å². The molecule has 10 heteroatoms. The van der Waals surface area contributed by atoms with Crippen LogP contribution in [0.4, 0.5) is 10.1 Å². The van der Waals surface area contributed by atoms with E-state index in [1.165, 1.54) is 16.8 Å². The number of carbonyl (C=O) groups is 1. The minimum Gasteiger partial charge on any atom is -0.487 e. The van der Waals surface area contributed by atoms with Gasteiger partial charge in [0.05, 0.1) is 5.69 Å². The molecule has 31 heavy (non-hydrogen) atoms. The summed E-state index contributed by atoms with van der Waals surface area (Å²) < 4.78 is 26.6. The van der Waals surface area contributed by atoms with Gasteiger partial charge in [0.1, 0.15) is 24.6 Å². The highest BCUT2D eigenvalue weighted by molar-refractivity contribution is 6.04. The Bertz CT molecular complexity index is 1210. The molecule has 0 saturated carbocycles. The zero-order chi connectivity index (χ0) is 21.8. The van der Waals surface area contributed by atoms with Crippen LogP contribution >= 0.6 is 0 Å². The molecule has 9 nitrogen and oxygen atoms in total. The van der Waals surface area contributed by atoms with E-state index in [-0.39, 0.29) is 30.3 Å². The lowest BCUT2D eigenvalue weighted by Crippen LogP contribution is -2.16. The van der Waals surface area contributed by atoms with E-state index in [0.29, 0.717) is 17.4 Å². The number of carbonyl (C=O) groups excluding carboxylic acids is 1. The number of halogens is 1. The van der Waals surface area contributed by atoms with Crippen LogP contribution in [0.15, 0.2) is 53.1 Å². The molecule has 0 radical (unpaired) electrons. The Morgan fingerprint density at radius 3 is 2.71 bits per heavy atom. The summed E-state index contributed by atoms with van der Waals surface area (Å²) in [6.45, 7) is 3.77. The lowest BCUT2D eigenvalue weighted by Gasteiger charge is -2.13. The average Bonchev–Trinajstić information content (AvgIpc) is 3.34. The number of para-hydroxylation sites is 1. The molecule has 2 aromatic heterocycles. The second-order valence-corrected chi connectivity index (χ2v) is 6.75. The standard InChI is InChI=1S/C21H19FN6O3/c1-13-19(25-27-28(13)11-18-23-14(2)31-26-18)21(29)24-20-16(22)9-6-10-17(20)30-12-15-7-4-3-5-8-15/h3-10H,11-12H2,1-2H3,(H,24,29). The SMILES string of the molecule is Cc1nc(Cn2nnc(C(=O)Nc3c(F)cccc3OCc3ccccc3)c2C)no1. The average molecular weight is 422 g/mol. The Labute approximate surface area is 176 Å². The quantitative estimate of drug-likeness (QED) is 0.487. The molecule has 0 atom stereocenters. The van der Waals surface area contributed by atoms with Crippen LogP contribution in [-0.2, 0) is 13.2 Å². The van der Waals surface area contributed by atoms with Gasteiger partial charge in [-0.2, -0.15) is 4.98 Å². The van der Waals surface area contributed by atoms with Crippen LogP contribution in [0.25, 0.3) is 0 Å². The molecular weight excluding hydrogens is 403 g/mol. The molecule has 0 spiro atoms. The number of nitrogens with one attached hydrogen (secondary N) is 1. The van der Waals surface area contributed by atoms with Gasteiger partial charge in [-0.3, -0.25) is 4.79 Å². The van der Waals surface area contributed by atoms with Crippen molar-refractivity contribution in [3.63, 3.8) is 0 Å². The zero-order valence-corrected chi connectivity index (χ0v) is 16.9. The third-order valence-electron chi connectivity index (χ3n) is 4.51. The van der Waals surface area contributed by atoms with Crippen LogP contribution in [0.3, 0.4) is 0 Å². The van der Waals surface area contributed by atoms with Gasteiger partial charge in [-0.25, -0.2) is 9.07 Å². The van der Waals surface area contributed by atoms with Gasteiger partial charge in [0.25, 0.3) is 5.91 Å². The number of benzene rings is 2. The molecule has 1 N–H and O–H groups in total. The Morgan fingerprint density at radius 2 is 1.97 bits per heavy atom. The molecule has 4 rings (SSSR count). The molecule has 158 valence electrons. The summed E-state index contributed by atoms with van der Waals surface area (Å²) in [6, 6.07) is 13.8. The maximum absolute atomic E-state index is 14.5. The number of rotatable bonds is 7. The number of nitrogens with zero attached hydrogens (tertiary/aromatic N) is 5. The number of anilines is 1. The Hall–Kier alpha value is -4.08.